The maximum atomic E-state index is 11.6. The molecule has 4 heteroatoms. The Balaban J connectivity index is 2.69. The highest BCUT2D eigenvalue weighted by Gasteiger charge is 2.34. The van der Waals surface area contributed by atoms with Gasteiger partial charge in [-0.2, -0.15) is 0 Å². The summed E-state index contributed by atoms with van der Waals surface area (Å²) in [6, 6.07) is 3.41. The van der Waals surface area contributed by atoms with Crippen LogP contribution in [0.15, 0.2) is 12.1 Å². The number of hydrogen-bond acceptors (Lipinski definition) is 3. The number of ketones is 1. The molecule has 0 bridgehead atoms. The number of rotatable bonds is 1. The average molecular weight is 205 g/mol. The predicted molar refractivity (Wildman–Crippen MR) is 55.5 cm³/mol. The van der Waals surface area contributed by atoms with E-state index in [1.165, 1.54) is 12.0 Å². The van der Waals surface area contributed by atoms with E-state index in [1.54, 1.807) is 19.2 Å². The Morgan fingerprint density at radius 1 is 1.27 bits per heavy atom. The van der Waals surface area contributed by atoms with Crippen LogP contribution in [0.3, 0.4) is 0 Å². The maximum Gasteiger partial charge on any atom is 0.299 e. The quantitative estimate of drug-likeness (QED) is 0.646. The van der Waals surface area contributed by atoms with Gasteiger partial charge in [-0.15, -0.1) is 0 Å². The number of benzene rings is 1. The molecule has 0 aromatic heterocycles. The van der Waals surface area contributed by atoms with Gasteiger partial charge in [-0.05, 0) is 24.6 Å². The molecule has 0 radical (unpaired) electrons. The molecule has 4 nitrogen and oxygen atoms in total. The molecule has 1 amide bonds. The fourth-order valence-corrected chi connectivity index (χ4v) is 1.85. The van der Waals surface area contributed by atoms with Crippen molar-refractivity contribution in [3.8, 4) is 5.75 Å². The van der Waals surface area contributed by atoms with Gasteiger partial charge in [-0.1, -0.05) is 0 Å². The van der Waals surface area contributed by atoms with E-state index in [-0.39, 0.29) is 0 Å². The molecule has 1 aromatic carbocycles. The Hall–Kier alpha value is -1.84. The van der Waals surface area contributed by atoms with Gasteiger partial charge in [0.1, 0.15) is 5.75 Å². The summed E-state index contributed by atoms with van der Waals surface area (Å²) >= 11 is 0. The minimum atomic E-state index is -0.485. The number of methoxy groups -OCH3 is 1. The van der Waals surface area contributed by atoms with Crippen LogP contribution < -0.4 is 9.64 Å². The van der Waals surface area contributed by atoms with Gasteiger partial charge in [-0.3, -0.25) is 9.59 Å². The van der Waals surface area contributed by atoms with Crippen LogP contribution in [0.25, 0.3) is 0 Å². The molecular weight excluding hydrogens is 194 g/mol. The monoisotopic (exact) mass is 205 g/mol. The summed E-state index contributed by atoms with van der Waals surface area (Å²) in [5.41, 5.74) is 1.98. The fourth-order valence-electron chi connectivity index (χ4n) is 1.85. The van der Waals surface area contributed by atoms with Crippen molar-refractivity contribution in [2.24, 2.45) is 0 Å². The van der Waals surface area contributed by atoms with E-state index in [0.717, 1.165) is 5.56 Å². The minimum Gasteiger partial charge on any atom is -0.497 e. The molecule has 2 rings (SSSR count). The standard InChI is InChI=1S/C11H11NO3/c1-6-4-7(15-3)5-8-9(6)12(2)11(14)10(8)13/h4-5H,1-3H3. The van der Waals surface area contributed by atoms with Crippen molar-refractivity contribution < 1.29 is 14.3 Å². The van der Waals surface area contributed by atoms with Crippen molar-refractivity contribution in [1.29, 1.82) is 0 Å². The Labute approximate surface area is 87.4 Å². The second-order valence-corrected chi connectivity index (χ2v) is 3.53. The highest BCUT2D eigenvalue weighted by Crippen LogP contribution is 2.34. The van der Waals surface area contributed by atoms with Gasteiger partial charge in [0, 0.05) is 7.05 Å². The highest BCUT2D eigenvalue weighted by atomic mass is 16.5. The molecule has 0 saturated carbocycles. The molecule has 1 aliphatic rings. The molecule has 0 fully saturated rings. The average Bonchev–Trinajstić information content (AvgIpc) is 2.44. The first-order valence-corrected chi connectivity index (χ1v) is 4.57. The number of ether oxygens (including phenoxy) is 1. The van der Waals surface area contributed by atoms with E-state index in [1.807, 2.05) is 6.92 Å². The van der Waals surface area contributed by atoms with Crippen LogP contribution in [0, 0.1) is 6.92 Å². The van der Waals surface area contributed by atoms with E-state index in [9.17, 15) is 9.59 Å². The van der Waals surface area contributed by atoms with Crippen molar-refractivity contribution >= 4 is 17.4 Å². The van der Waals surface area contributed by atoms with E-state index in [2.05, 4.69) is 0 Å². The van der Waals surface area contributed by atoms with Gasteiger partial charge in [0.15, 0.2) is 0 Å². The van der Waals surface area contributed by atoms with Gasteiger partial charge >= 0.3 is 0 Å². The number of carbonyl (C=O) groups is 2. The summed E-state index contributed by atoms with van der Waals surface area (Å²) in [7, 11) is 3.14. The van der Waals surface area contributed by atoms with Crippen LogP contribution in [0.4, 0.5) is 5.69 Å². The highest BCUT2D eigenvalue weighted by molar-refractivity contribution is 6.52. The molecule has 0 spiro atoms. The molecular formula is C11H11NO3. The SMILES string of the molecule is COc1cc(C)c2c(c1)C(=O)C(=O)N2C. The third kappa shape index (κ3) is 1.21. The Morgan fingerprint density at radius 3 is 2.53 bits per heavy atom. The zero-order valence-electron chi connectivity index (χ0n) is 8.83. The van der Waals surface area contributed by atoms with Gasteiger partial charge in [0.25, 0.3) is 11.7 Å². The van der Waals surface area contributed by atoms with Crippen LogP contribution in [-0.2, 0) is 4.79 Å². The molecule has 78 valence electrons. The van der Waals surface area contributed by atoms with E-state index in [4.69, 9.17) is 4.74 Å². The summed E-state index contributed by atoms with van der Waals surface area (Å²) in [6.07, 6.45) is 0. The number of carbonyl (C=O) groups excluding carboxylic acids is 2. The first-order valence-electron chi connectivity index (χ1n) is 4.57. The van der Waals surface area contributed by atoms with E-state index >= 15 is 0 Å². The van der Waals surface area contributed by atoms with Crippen LogP contribution >= 0.6 is 0 Å². The van der Waals surface area contributed by atoms with Crippen molar-refractivity contribution in [3.05, 3.63) is 23.3 Å². The lowest BCUT2D eigenvalue weighted by Gasteiger charge is -2.12. The number of Topliss-reactive ketones (excluding diaryl/α,β-unsaturated/α-hetero) is 1. The molecule has 0 aliphatic carbocycles. The van der Waals surface area contributed by atoms with Crippen molar-refractivity contribution in [2.75, 3.05) is 19.1 Å². The summed E-state index contributed by atoms with van der Waals surface area (Å²) in [4.78, 5) is 24.4. The first kappa shape index (κ1) is 9.71. The molecule has 0 atom stereocenters. The predicted octanol–water partition coefficient (Wildman–Crippen LogP) is 1.16. The molecule has 15 heavy (non-hydrogen) atoms. The number of nitrogens with zero attached hydrogens (tertiary/aromatic N) is 1. The smallest absolute Gasteiger partial charge is 0.299 e. The number of amides is 1. The molecule has 1 aliphatic heterocycles. The Kier molecular flexibility index (Phi) is 2.00. The number of aryl methyl sites for hydroxylation is 1. The molecule has 1 aromatic rings. The Bertz CT molecular complexity index is 465. The number of fused-ring (bicyclic) bond motifs is 1. The molecule has 0 N–H and O–H groups in total. The third-order valence-electron chi connectivity index (χ3n) is 2.59. The van der Waals surface area contributed by atoms with Gasteiger partial charge in [0.2, 0.25) is 0 Å². The second kappa shape index (κ2) is 3.08. The fraction of sp³-hybridized carbons (Fsp3) is 0.273. The lowest BCUT2D eigenvalue weighted by molar-refractivity contribution is -0.114. The lowest BCUT2D eigenvalue weighted by Crippen LogP contribution is -2.25. The Morgan fingerprint density at radius 2 is 1.93 bits per heavy atom. The van der Waals surface area contributed by atoms with Crippen LogP contribution in [0.1, 0.15) is 15.9 Å². The number of anilines is 1. The van der Waals surface area contributed by atoms with Crippen molar-refractivity contribution in [1.82, 2.24) is 0 Å². The molecule has 1 heterocycles. The van der Waals surface area contributed by atoms with Crippen molar-refractivity contribution in [3.63, 3.8) is 0 Å². The zero-order valence-corrected chi connectivity index (χ0v) is 8.83. The van der Waals surface area contributed by atoms with Crippen LogP contribution in [0.5, 0.6) is 5.75 Å². The van der Waals surface area contributed by atoms with Gasteiger partial charge in [-0.25, -0.2) is 0 Å². The van der Waals surface area contributed by atoms with Crippen LogP contribution in [0.2, 0.25) is 0 Å². The van der Waals surface area contributed by atoms with E-state index in [0.29, 0.717) is 17.0 Å². The summed E-state index contributed by atoms with van der Waals surface area (Å²) in [5, 5.41) is 0. The normalized spacial score (nSPS) is 14.5. The lowest BCUT2D eigenvalue weighted by atomic mass is 10.1. The van der Waals surface area contributed by atoms with Gasteiger partial charge in [0.05, 0.1) is 18.4 Å². The topological polar surface area (TPSA) is 46.6 Å². The minimum absolute atomic E-state index is 0.430. The summed E-state index contributed by atoms with van der Waals surface area (Å²) in [6.45, 7) is 1.85. The molecule has 0 unspecified atom stereocenters. The zero-order chi connectivity index (χ0) is 11.2. The largest absolute Gasteiger partial charge is 0.497 e. The van der Waals surface area contributed by atoms with Crippen LogP contribution in [-0.4, -0.2) is 25.8 Å². The van der Waals surface area contributed by atoms with Crippen molar-refractivity contribution in [2.45, 2.75) is 6.92 Å². The first-order chi connectivity index (χ1) is 7.06. The third-order valence-corrected chi connectivity index (χ3v) is 2.59. The number of hydrogen-bond donors (Lipinski definition) is 0. The summed E-state index contributed by atoms with van der Waals surface area (Å²) in [5.74, 6) is -0.349. The number of likely N-dealkylation sites (N-methyl/N-ethyl adjacent to an activating group) is 1. The van der Waals surface area contributed by atoms with Gasteiger partial charge < -0.3 is 9.64 Å². The second-order valence-electron chi connectivity index (χ2n) is 3.53. The van der Waals surface area contributed by atoms with E-state index < -0.39 is 11.7 Å². The maximum absolute atomic E-state index is 11.6. The molecule has 0 saturated heterocycles. The summed E-state index contributed by atoms with van der Waals surface area (Å²) < 4.78 is 5.06.